The molecule has 1 aliphatic heterocycles. The number of carbonyl (C=O) groups is 1. The lowest BCUT2D eigenvalue weighted by Gasteiger charge is -2.30. The fourth-order valence-corrected chi connectivity index (χ4v) is 2.54. The molecule has 2 rings (SSSR count). The van der Waals surface area contributed by atoms with E-state index < -0.39 is 0 Å². The van der Waals surface area contributed by atoms with Crippen LogP contribution in [0.25, 0.3) is 0 Å². The Morgan fingerprint density at radius 1 is 1.32 bits per heavy atom. The molecule has 0 aliphatic carbocycles. The predicted octanol–water partition coefficient (Wildman–Crippen LogP) is 3.24. The number of urea groups is 1. The van der Waals surface area contributed by atoms with E-state index in [1.807, 2.05) is 4.90 Å². The number of likely N-dealkylation sites (tertiary alicyclic amines) is 1. The molecule has 3 heteroatoms. The first-order chi connectivity index (χ1) is 9.06. The molecule has 1 saturated heterocycles. The summed E-state index contributed by atoms with van der Waals surface area (Å²) < 4.78 is 0. The fourth-order valence-electron chi connectivity index (χ4n) is 2.54. The van der Waals surface area contributed by atoms with Crippen LogP contribution in [0.4, 0.5) is 4.79 Å². The van der Waals surface area contributed by atoms with Crippen LogP contribution >= 0.6 is 0 Å². The maximum Gasteiger partial charge on any atom is 0.317 e. The zero-order chi connectivity index (χ0) is 13.8. The number of piperidine rings is 1. The maximum absolute atomic E-state index is 12.1. The minimum atomic E-state index is 0.0758. The smallest absolute Gasteiger partial charge is 0.317 e. The van der Waals surface area contributed by atoms with Gasteiger partial charge >= 0.3 is 6.03 Å². The van der Waals surface area contributed by atoms with Crippen molar-refractivity contribution in [1.29, 1.82) is 0 Å². The molecule has 0 bridgehead atoms. The Morgan fingerprint density at radius 3 is 2.63 bits per heavy atom. The molecule has 0 saturated carbocycles. The maximum atomic E-state index is 12.1. The van der Waals surface area contributed by atoms with Crippen molar-refractivity contribution >= 4 is 6.03 Å². The summed E-state index contributed by atoms with van der Waals surface area (Å²) in [7, 11) is 0. The highest BCUT2D eigenvalue weighted by Gasteiger charge is 2.19. The number of nitrogens with zero attached hydrogens (tertiary/aromatic N) is 1. The normalized spacial score (nSPS) is 16.5. The molecule has 1 aliphatic rings. The first kappa shape index (κ1) is 13.9. The number of nitrogens with one attached hydrogen (secondary N) is 1. The highest BCUT2D eigenvalue weighted by Crippen LogP contribution is 2.16. The lowest BCUT2D eigenvalue weighted by Crippen LogP contribution is -2.43. The largest absolute Gasteiger partial charge is 0.334 e. The van der Waals surface area contributed by atoms with E-state index in [0.717, 1.165) is 31.8 Å². The van der Waals surface area contributed by atoms with Gasteiger partial charge in [0.15, 0.2) is 0 Å². The van der Waals surface area contributed by atoms with E-state index in [1.165, 1.54) is 16.7 Å². The molecule has 0 atom stereocenters. The Balaban J connectivity index is 1.86. The van der Waals surface area contributed by atoms with Gasteiger partial charge in [0, 0.05) is 19.6 Å². The van der Waals surface area contributed by atoms with Crippen LogP contribution in [0.3, 0.4) is 0 Å². The van der Waals surface area contributed by atoms with E-state index >= 15 is 0 Å². The molecular weight excluding hydrogens is 236 g/mol. The highest BCUT2D eigenvalue weighted by atomic mass is 16.2. The Morgan fingerprint density at radius 2 is 2.00 bits per heavy atom. The van der Waals surface area contributed by atoms with Gasteiger partial charge in [0.2, 0.25) is 0 Å². The molecule has 19 heavy (non-hydrogen) atoms. The SMILES string of the molecule is Cc1ccc(CNC(=O)N2CCC(C)CC2)c(C)c1. The van der Waals surface area contributed by atoms with Crippen molar-refractivity contribution in [2.24, 2.45) is 5.92 Å². The Hall–Kier alpha value is -1.51. The Bertz CT molecular complexity index is 448. The quantitative estimate of drug-likeness (QED) is 0.870. The number of hydrogen-bond donors (Lipinski definition) is 1. The van der Waals surface area contributed by atoms with Crippen LogP contribution in [-0.2, 0) is 6.54 Å². The van der Waals surface area contributed by atoms with Crippen molar-refractivity contribution in [1.82, 2.24) is 10.2 Å². The highest BCUT2D eigenvalue weighted by molar-refractivity contribution is 5.74. The van der Waals surface area contributed by atoms with E-state index in [1.54, 1.807) is 0 Å². The van der Waals surface area contributed by atoms with Crippen molar-refractivity contribution in [2.45, 2.75) is 40.2 Å². The van der Waals surface area contributed by atoms with Gasteiger partial charge in [0.25, 0.3) is 0 Å². The lowest BCUT2D eigenvalue weighted by atomic mass is 10.00. The van der Waals surface area contributed by atoms with Crippen molar-refractivity contribution < 1.29 is 4.79 Å². The molecular formula is C16H24N2O. The summed E-state index contributed by atoms with van der Waals surface area (Å²) in [6.07, 6.45) is 2.24. The lowest BCUT2D eigenvalue weighted by molar-refractivity contribution is 0.173. The summed E-state index contributed by atoms with van der Waals surface area (Å²) in [4.78, 5) is 14.0. The molecule has 0 aromatic heterocycles. The molecule has 0 unspecified atom stereocenters. The topological polar surface area (TPSA) is 32.3 Å². The molecule has 3 nitrogen and oxygen atoms in total. The van der Waals surface area contributed by atoms with Crippen LogP contribution < -0.4 is 5.32 Å². The second-order valence-electron chi connectivity index (χ2n) is 5.76. The van der Waals surface area contributed by atoms with Crippen LogP contribution in [0.1, 0.15) is 36.5 Å². The average Bonchev–Trinajstić information content (AvgIpc) is 2.38. The van der Waals surface area contributed by atoms with Crippen LogP contribution in [0.2, 0.25) is 0 Å². The Labute approximate surface area is 116 Å². The van der Waals surface area contributed by atoms with Crippen LogP contribution in [0.15, 0.2) is 18.2 Å². The van der Waals surface area contributed by atoms with Crippen molar-refractivity contribution in [3.05, 3.63) is 34.9 Å². The van der Waals surface area contributed by atoms with Gasteiger partial charge in [-0.3, -0.25) is 0 Å². The minimum Gasteiger partial charge on any atom is -0.334 e. The zero-order valence-electron chi connectivity index (χ0n) is 12.2. The predicted molar refractivity (Wildman–Crippen MR) is 78.1 cm³/mol. The molecule has 1 heterocycles. The van der Waals surface area contributed by atoms with Gasteiger partial charge < -0.3 is 10.2 Å². The van der Waals surface area contributed by atoms with Gasteiger partial charge in [-0.1, -0.05) is 30.7 Å². The summed E-state index contributed by atoms with van der Waals surface area (Å²) in [6, 6.07) is 6.43. The molecule has 2 amide bonds. The van der Waals surface area contributed by atoms with E-state index in [4.69, 9.17) is 0 Å². The van der Waals surface area contributed by atoms with E-state index in [0.29, 0.717) is 6.54 Å². The number of hydrogen-bond acceptors (Lipinski definition) is 1. The Kier molecular flexibility index (Phi) is 4.46. The van der Waals surface area contributed by atoms with Crippen LogP contribution in [-0.4, -0.2) is 24.0 Å². The van der Waals surface area contributed by atoms with E-state index in [-0.39, 0.29) is 6.03 Å². The van der Waals surface area contributed by atoms with Crippen molar-refractivity contribution in [3.63, 3.8) is 0 Å². The summed E-state index contributed by atoms with van der Waals surface area (Å²) >= 11 is 0. The summed E-state index contributed by atoms with van der Waals surface area (Å²) in [6.45, 7) is 8.84. The van der Waals surface area contributed by atoms with E-state index in [2.05, 4.69) is 44.3 Å². The molecule has 1 N–H and O–H groups in total. The number of amides is 2. The van der Waals surface area contributed by atoms with Crippen LogP contribution in [0.5, 0.6) is 0 Å². The van der Waals surface area contributed by atoms with Gasteiger partial charge in [0.1, 0.15) is 0 Å². The third-order valence-electron chi connectivity index (χ3n) is 4.00. The third kappa shape index (κ3) is 3.72. The molecule has 1 fully saturated rings. The van der Waals surface area contributed by atoms with Gasteiger partial charge in [0.05, 0.1) is 0 Å². The molecule has 1 aromatic rings. The molecule has 0 radical (unpaired) electrons. The average molecular weight is 260 g/mol. The second kappa shape index (κ2) is 6.09. The number of aryl methyl sites for hydroxylation is 2. The summed E-state index contributed by atoms with van der Waals surface area (Å²) in [5, 5.41) is 3.03. The first-order valence-corrected chi connectivity index (χ1v) is 7.15. The van der Waals surface area contributed by atoms with Gasteiger partial charge in [-0.25, -0.2) is 4.79 Å². The summed E-state index contributed by atoms with van der Waals surface area (Å²) in [5.74, 6) is 0.753. The van der Waals surface area contributed by atoms with Gasteiger partial charge in [-0.2, -0.15) is 0 Å². The number of carbonyl (C=O) groups excluding carboxylic acids is 1. The first-order valence-electron chi connectivity index (χ1n) is 7.15. The second-order valence-corrected chi connectivity index (χ2v) is 5.76. The van der Waals surface area contributed by atoms with Crippen molar-refractivity contribution in [2.75, 3.05) is 13.1 Å². The van der Waals surface area contributed by atoms with Crippen LogP contribution in [0, 0.1) is 19.8 Å². The molecule has 0 spiro atoms. The third-order valence-corrected chi connectivity index (χ3v) is 4.00. The molecule has 104 valence electrons. The standard InChI is InChI=1S/C16H24N2O/c1-12-6-8-18(9-7-12)16(19)17-11-15-5-4-13(2)10-14(15)3/h4-5,10,12H,6-9,11H2,1-3H3,(H,17,19). The minimum absolute atomic E-state index is 0.0758. The van der Waals surface area contributed by atoms with Gasteiger partial charge in [-0.15, -0.1) is 0 Å². The zero-order valence-corrected chi connectivity index (χ0v) is 12.2. The number of benzene rings is 1. The number of rotatable bonds is 2. The fraction of sp³-hybridized carbons (Fsp3) is 0.562. The van der Waals surface area contributed by atoms with E-state index in [9.17, 15) is 4.79 Å². The molecule has 1 aromatic carbocycles. The summed E-state index contributed by atoms with van der Waals surface area (Å²) in [5.41, 5.74) is 3.70. The van der Waals surface area contributed by atoms with Gasteiger partial charge in [-0.05, 0) is 43.7 Å². The monoisotopic (exact) mass is 260 g/mol. The van der Waals surface area contributed by atoms with Crippen molar-refractivity contribution in [3.8, 4) is 0 Å².